The summed E-state index contributed by atoms with van der Waals surface area (Å²) in [6.07, 6.45) is 1.81. The highest BCUT2D eigenvalue weighted by molar-refractivity contribution is 9.10. The van der Waals surface area contributed by atoms with E-state index in [1.54, 1.807) is 4.57 Å². The van der Waals surface area contributed by atoms with Gasteiger partial charge in [-0.25, -0.2) is 0 Å². The molecule has 0 aliphatic heterocycles. The van der Waals surface area contributed by atoms with Crippen molar-refractivity contribution in [1.29, 1.82) is 0 Å². The molecule has 0 amide bonds. The lowest BCUT2D eigenvalue weighted by Crippen LogP contribution is -2.10. The molecular formula is C15H10BrNO. The Morgan fingerprint density at radius 2 is 1.72 bits per heavy atom. The molecule has 0 spiro atoms. The average Bonchev–Trinajstić information content (AvgIpc) is 2.84. The molecule has 3 heteroatoms. The second-order valence-electron chi connectivity index (χ2n) is 4.03. The zero-order valence-electron chi connectivity index (χ0n) is 9.51. The number of hydrogen-bond donors (Lipinski definition) is 0. The largest absolute Gasteiger partial charge is 0.283 e. The molecule has 2 nitrogen and oxygen atoms in total. The molecule has 18 heavy (non-hydrogen) atoms. The van der Waals surface area contributed by atoms with Gasteiger partial charge >= 0.3 is 0 Å². The van der Waals surface area contributed by atoms with Crippen LogP contribution in [0.15, 0.2) is 65.3 Å². The minimum Gasteiger partial charge on any atom is -0.283 e. The van der Waals surface area contributed by atoms with E-state index in [1.165, 1.54) is 0 Å². The lowest BCUT2D eigenvalue weighted by atomic mass is 10.2. The first kappa shape index (κ1) is 11.2. The highest BCUT2D eigenvalue weighted by atomic mass is 79.9. The van der Waals surface area contributed by atoms with Crippen molar-refractivity contribution in [1.82, 2.24) is 4.57 Å². The topological polar surface area (TPSA) is 22.0 Å². The molecule has 1 aromatic heterocycles. The third-order valence-corrected chi connectivity index (χ3v) is 3.61. The Morgan fingerprint density at radius 3 is 2.50 bits per heavy atom. The van der Waals surface area contributed by atoms with Crippen LogP contribution < -0.4 is 0 Å². The molecule has 0 aliphatic carbocycles. The molecular weight excluding hydrogens is 290 g/mol. The zero-order valence-corrected chi connectivity index (χ0v) is 11.1. The summed E-state index contributed by atoms with van der Waals surface area (Å²) in [4.78, 5) is 12.4. The van der Waals surface area contributed by atoms with Gasteiger partial charge in [0.25, 0.3) is 5.91 Å². The van der Waals surface area contributed by atoms with Crippen molar-refractivity contribution in [3.05, 3.63) is 70.8 Å². The van der Waals surface area contributed by atoms with E-state index in [2.05, 4.69) is 15.9 Å². The Balaban J connectivity index is 2.16. The maximum absolute atomic E-state index is 12.4. The second-order valence-corrected chi connectivity index (χ2v) is 4.88. The predicted octanol–water partition coefficient (Wildman–Crippen LogP) is 4.09. The van der Waals surface area contributed by atoms with Crippen LogP contribution in [0.25, 0.3) is 10.9 Å². The first-order valence-electron chi connectivity index (χ1n) is 5.63. The van der Waals surface area contributed by atoms with E-state index in [9.17, 15) is 4.79 Å². The molecule has 88 valence electrons. The van der Waals surface area contributed by atoms with E-state index in [1.807, 2.05) is 60.8 Å². The lowest BCUT2D eigenvalue weighted by Gasteiger charge is -2.04. The molecule has 0 aliphatic rings. The Morgan fingerprint density at radius 1 is 0.944 bits per heavy atom. The van der Waals surface area contributed by atoms with E-state index in [0.29, 0.717) is 5.56 Å². The van der Waals surface area contributed by atoms with Crippen molar-refractivity contribution in [3.8, 4) is 0 Å². The summed E-state index contributed by atoms with van der Waals surface area (Å²) < 4.78 is 2.68. The molecule has 1 heterocycles. The first-order valence-corrected chi connectivity index (χ1v) is 6.42. The van der Waals surface area contributed by atoms with Crippen molar-refractivity contribution < 1.29 is 4.79 Å². The Hall–Kier alpha value is -1.87. The summed E-state index contributed by atoms with van der Waals surface area (Å²) in [7, 11) is 0. The molecule has 3 aromatic rings. The fourth-order valence-electron chi connectivity index (χ4n) is 2.03. The normalized spacial score (nSPS) is 10.7. The van der Waals surface area contributed by atoms with Gasteiger partial charge in [-0.05, 0) is 30.3 Å². The van der Waals surface area contributed by atoms with Crippen LogP contribution in [-0.4, -0.2) is 10.5 Å². The van der Waals surface area contributed by atoms with Gasteiger partial charge in [0.15, 0.2) is 0 Å². The summed E-state index contributed by atoms with van der Waals surface area (Å²) in [5, 5.41) is 1.04. The number of fused-ring (bicyclic) bond motifs is 1. The van der Waals surface area contributed by atoms with E-state index in [4.69, 9.17) is 0 Å². The maximum Gasteiger partial charge on any atom is 0.262 e. The molecule has 2 aromatic carbocycles. The molecule has 0 atom stereocenters. The van der Waals surface area contributed by atoms with Gasteiger partial charge in [0.2, 0.25) is 0 Å². The molecule has 0 unspecified atom stereocenters. The van der Waals surface area contributed by atoms with Crippen LogP contribution in [0.2, 0.25) is 0 Å². The van der Waals surface area contributed by atoms with Gasteiger partial charge in [-0.2, -0.15) is 0 Å². The van der Waals surface area contributed by atoms with Gasteiger partial charge in [-0.1, -0.05) is 40.2 Å². The maximum atomic E-state index is 12.4. The third kappa shape index (κ3) is 1.77. The molecule has 0 fully saturated rings. The van der Waals surface area contributed by atoms with Crippen molar-refractivity contribution >= 4 is 32.7 Å². The van der Waals surface area contributed by atoms with Crippen LogP contribution in [0.1, 0.15) is 10.4 Å². The fourth-order valence-corrected chi connectivity index (χ4v) is 2.51. The van der Waals surface area contributed by atoms with Crippen LogP contribution >= 0.6 is 15.9 Å². The molecule has 0 N–H and O–H groups in total. The molecule has 0 bridgehead atoms. The minimum absolute atomic E-state index is 0.0105. The number of aromatic nitrogens is 1. The Kier molecular flexibility index (Phi) is 2.76. The van der Waals surface area contributed by atoms with Gasteiger partial charge in [-0.15, -0.1) is 0 Å². The Labute approximate surface area is 113 Å². The van der Waals surface area contributed by atoms with Crippen LogP contribution in [0.3, 0.4) is 0 Å². The summed E-state index contributed by atoms with van der Waals surface area (Å²) >= 11 is 3.49. The third-order valence-electron chi connectivity index (χ3n) is 2.92. The van der Waals surface area contributed by atoms with E-state index in [-0.39, 0.29) is 5.91 Å². The van der Waals surface area contributed by atoms with Crippen molar-refractivity contribution in [3.63, 3.8) is 0 Å². The number of benzene rings is 2. The van der Waals surface area contributed by atoms with Crippen molar-refractivity contribution in [2.24, 2.45) is 0 Å². The van der Waals surface area contributed by atoms with E-state index < -0.39 is 0 Å². The van der Waals surface area contributed by atoms with Gasteiger partial charge in [0.05, 0.1) is 5.52 Å². The first-order chi connectivity index (χ1) is 8.77. The summed E-state index contributed by atoms with van der Waals surface area (Å²) in [6, 6.07) is 17.1. The van der Waals surface area contributed by atoms with Gasteiger partial charge < -0.3 is 0 Å². The quantitative estimate of drug-likeness (QED) is 0.663. The number of carbonyl (C=O) groups excluding carboxylic acids is 1. The Bertz CT molecular complexity index is 716. The van der Waals surface area contributed by atoms with Crippen LogP contribution in [-0.2, 0) is 0 Å². The van der Waals surface area contributed by atoms with Gasteiger partial charge in [0.1, 0.15) is 0 Å². The monoisotopic (exact) mass is 299 g/mol. The number of hydrogen-bond acceptors (Lipinski definition) is 1. The predicted molar refractivity (Wildman–Crippen MR) is 75.8 cm³/mol. The van der Waals surface area contributed by atoms with Crippen molar-refractivity contribution in [2.75, 3.05) is 0 Å². The SMILES string of the molecule is O=C(c1ccccc1)n1ccc2c(Br)cccc21. The average molecular weight is 300 g/mol. The zero-order chi connectivity index (χ0) is 12.5. The van der Waals surface area contributed by atoms with Crippen LogP contribution in [0.4, 0.5) is 0 Å². The minimum atomic E-state index is -0.0105. The molecule has 0 saturated carbocycles. The summed E-state index contributed by atoms with van der Waals surface area (Å²) in [6.45, 7) is 0. The van der Waals surface area contributed by atoms with Gasteiger partial charge in [0, 0.05) is 21.6 Å². The van der Waals surface area contributed by atoms with Crippen molar-refractivity contribution in [2.45, 2.75) is 0 Å². The fraction of sp³-hybridized carbons (Fsp3) is 0. The summed E-state index contributed by atoms with van der Waals surface area (Å²) in [5.41, 5.74) is 1.60. The van der Waals surface area contributed by atoms with E-state index >= 15 is 0 Å². The number of rotatable bonds is 1. The number of carbonyl (C=O) groups is 1. The number of halogens is 1. The second kappa shape index (κ2) is 4.42. The van der Waals surface area contributed by atoms with Crippen LogP contribution in [0, 0.1) is 0 Å². The molecule has 0 radical (unpaired) electrons. The highest BCUT2D eigenvalue weighted by Gasteiger charge is 2.11. The standard InChI is InChI=1S/C15H10BrNO/c16-13-7-4-8-14-12(13)9-10-17(14)15(18)11-5-2-1-3-6-11/h1-10H. The number of nitrogens with zero attached hydrogens (tertiary/aromatic N) is 1. The highest BCUT2D eigenvalue weighted by Crippen LogP contribution is 2.25. The lowest BCUT2D eigenvalue weighted by molar-refractivity contribution is 0.0965. The molecule has 3 rings (SSSR count). The van der Waals surface area contributed by atoms with Crippen LogP contribution in [0.5, 0.6) is 0 Å². The van der Waals surface area contributed by atoms with Gasteiger partial charge in [-0.3, -0.25) is 9.36 Å². The van der Waals surface area contributed by atoms with E-state index in [0.717, 1.165) is 15.4 Å². The summed E-state index contributed by atoms with van der Waals surface area (Å²) in [5.74, 6) is -0.0105. The molecule has 0 saturated heterocycles. The smallest absolute Gasteiger partial charge is 0.262 e.